The van der Waals surface area contributed by atoms with Gasteiger partial charge in [-0.05, 0) is 47.2 Å². The van der Waals surface area contributed by atoms with Crippen LogP contribution in [0.4, 0.5) is 0 Å². The van der Waals surface area contributed by atoms with Gasteiger partial charge in [0.2, 0.25) is 0 Å². The molecule has 20 heavy (non-hydrogen) atoms. The fraction of sp³-hybridized carbons (Fsp3) is 0.235. The van der Waals surface area contributed by atoms with Crippen molar-refractivity contribution >= 4 is 11.0 Å². The Morgan fingerprint density at radius 2 is 2.05 bits per heavy atom. The van der Waals surface area contributed by atoms with Crippen LogP contribution < -0.4 is 5.73 Å². The molecule has 0 aliphatic carbocycles. The highest BCUT2D eigenvalue weighted by molar-refractivity contribution is 5.94. The van der Waals surface area contributed by atoms with Crippen molar-refractivity contribution in [3.05, 3.63) is 53.3 Å². The molecule has 0 saturated heterocycles. The van der Waals surface area contributed by atoms with E-state index in [4.69, 9.17) is 5.73 Å². The van der Waals surface area contributed by atoms with Crippen LogP contribution in [0.15, 0.2) is 36.7 Å². The molecule has 3 nitrogen and oxygen atoms in total. The van der Waals surface area contributed by atoms with E-state index in [2.05, 4.69) is 48.1 Å². The molecule has 1 aromatic carbocycles. The van der Waals surface area contributed by atoms with Gasteiger partial charge in [0.05, 0.1) is 0 Å². The zero-order chi connectivity index (χ0) is 14.1. The highest BCUT2D eigenvalue weighted by Gasteiger charge is 2.11. The van der Waals surface area contributed by atoms with Crippen LogP contribution in [0, 0.1) is 6.92 Å². The van der Waals surface area contributed by atoms with E-state index in [0.717, 1.165) is 12.1 Å². The third-order valence-electron chi connectivity index (χ3n) is 3.90. The average Bonchev–Trinajstić information content (AvgIpc) is 2.94. The minimum atomic E-state index is 0.586. The summed E-state index contributed by atoms with van der Waals surface area (Å²) in [6.07, 6.45) is 4.89. The Kier molecular flexibility index (Phi) is 3.28. The lowest BCUT2D eigenvalue weighted by molar-refractivity contribution is 1.05. The van der Waals surface area contributed by atoms with Crippen LogP contribution in [0.3, 0.4) is 0 Å². The molecule has 3 N–H and O–H groups in total. The number of nitrogens with one attached hydrogen (secondary N) is 1. The minimum Gasteiger partial charge on any atom is -0.346 e. The first kappa shape index (κ1) is 12.9. The second-order valence-corrected chi connectivity index (χ2v) is 5.10. The van der Waals surface area contributed by atoms with Gasteiger partial charge in [-0.3, -0.25) is 0 Å². The SMILES string of the molecule is CCc1cnc2[nH]ccc2c1-c1ccc(CN)c(C)c1. The van der Waals surface area contributed by atoms with E-state index in [1.165, 1.54) is 33.2 Å². The van der Waals surface area contributed by atoms with Crippen molar-refractivity contribution in [3.63, 3.8) is 0 Å². The van der Waals surface area contributed by atoms with Crippen molar-refractivity contribution in [1.29, 1.82) is 0 Å². The summed E-state index contributed by atoms with van der Waals surface area (Å²) in [5.41, 5.74) is 12.9. The van der Waals surface area contributed by atoms with Crippen LogP contribution in [0.25, 0.3) is 22.2 Å². The number of benzene rings is 1. The summed E-state index contributed by atoms with van der Waals surface area (Å²) in [6, 6.07) is 8.62. The number of aromatic nitrogens is 2. The van der Waals surface area contributed by atoms with Crippen LogP contribution in [0.5, 0.6) is 0 Å². The predicted octanol–water partition coefficient (Wildman–Crippen LogP) is 3.56. The van der Waals surface area contributed by atoms with E-state index in [0.29, 0.717) is 6.54 Å². The standard InChI is InChI=1S/C17H19N3/c1-3-12-10-20-17-15(6-7-19-17)16(12)13-4-5-14(9-18)11(2)8-13/h4-8,10H,3,9,18H2,1-2H3,(H,19,20). The molecule has 0 bridgehead atoms. The van der Waals surface area contributed by atoms with Gasteiger partial charge in [-0.1, -0.05) is 25.1 Å². The maximum atomic E-state index is 5.75. The van der Waals surface area contributed by atoms with Gasteiger partial charge in [0, 0.05) is 24.3 Å². The smallest absolute Gasteiger partial charge is 0.137 e. The average molecular weight is 265 g/mol. The van der Waals surface area contributed by atoms with Crippen molar-refractivity contribution in [2.24, 2.45) is 5.73 Å². The van der Waals surface area contributed by atoms with Crippen molar-refractivity contribution in [1.82, 2.24) is 9.97 Å². The Bertz CT molecular complexity index is 756. The molecule has 3 aromatic rings. The third kappa shape index (κ3) is 2.00. The van der Waals surface area contributed by atoms with E-state index in [-0.39, 0.29) is 0 Å². The number of nitrogens with two attached hydrogens (primary N) is 1. The fourth-order valence-corrected chi connectivity index (χ4v) is 2.74. The van der Waals surface area contributed by atoms with Crippen molar-refractivity contribution in [3.8, 4) is 11.1 Å². The lowest BCUT2D eigenvalue weighted by atomic mass is 9.94. The van der Waals surface area contributed by atoms with Crippen molar-refractivity contribution in [2.45, 2.75) is 26.8 Å². The van der Waals surface area contributed by atoms with Crippen LogP contribution in [0.2, 0.25) is 0 Å². The molecule has 0 spiro atoms. The summed E-state index contributed by atoms with van der Waals surface area (Å²) in [7, 11) is 0. The molecule has 0 amide bonds. The van der Waals surface area contributed by atoms with E-state index in [1.54, 1.807) is 0 Å². The van der Waals surface area contributed by atoms with E-state index in [9.17, 15) is 0 Å². The maximum Gasteiger partial charge on any atom is 0.137 e. The number of aromatic amines is 1. The number of hydrogen-bond donors (Lipinski definition) is 2. The highest BCUT2D eigenvalue weighted by Crippen LogP contribution is 2.32. The number of fused-ring (bicyclic) bond motifs is 1. The van der Waals surface area contributed by atoms with Crippen LogP contribution in [0.1, 0.15) is 23.6 Å². The molecule has 3 heteroatoms. The summed E-state index contributed by atoms with van der Waals surface area (Å²) in [6.45, 7) is 4.87. The molecule has 0 aliphatic heterocycles. The molecule has 0 aliphatic rings. The fourth-order valence-electron chi connectivity index (χ4n) is 2.74. The van der Waals surface area contributed by atoms with Crippen LogP contribution in [-0.2, 0) is 13.0 Å². The van der Waals surface area contributed by atoms with Crippen molar-refractivity contribution in [2.75, 3.05) is 0 Å². The lowest BCUT2D eigenvalue weighted by Gasteiger charge is -2.12. The molecular weight excluding hydrogens is 246 g/mol. The number of nitrogens with zero attached hydrogens (tertiary/aromatic N) is 1. The summed E-state index contributed by atoms with van der Waals surface area (Å²) in [4.78, 5) is 7.67. The number of aryl methyl sites for hydroxylation is 2. The molecular formula is C17H19N3. The second-order valence-electron chi connectivity index (χ2n) is 5.10. The highest BCUT2D eigenvalue weighted by atomic mass is 14.8. The zero-order valence-electron chi connectivity index (χ0n) is 11.9. The summed E-state index contributed by atoms with van der Waals surface area (Å²) >= 11 is 0. The van der Waals surface area contributed by atoms with Gasteiger partial charge < -0.3 is 10.7 Å². The first-order chi connectivity index (χ1) is 9.74. The normalized spacial score (nSPS) is 11.2. The van der Waals surface area contributed by atoms with Gasteiger partial charge in [0.1, 0.15) is 5.65 Å². The monoisotopic (exact) mass is 265 g/mol. The number of rotatable bonds is 3. The molecule has 0 fully saturated rings. The molecule has 0 unspecified atom stereocenters. The number of pyridine rings is 1. The summed E-state index contributed by atoms with van der Waals surface area (Å²) < 4.78 is 0. The van der Waals surface area contributed by atoms with Crippen molar-refractivity contribution < 1.29 is 0 Å². The molecule has 0 radical (unpaired) electrons. The Labute approximate surface area is 118 Å². The Morgan fingerprint density at radius 3 is 2.75 bits per heavy atom. The van der Waals surface area contributed by atoms with E-state index < -0.39 is 0 Å². The largest absolute Gasteiger partial charge is 0.346 e. The molecule has 0 atom stereocenters. The summed E-state index contributed by atoms with van der Waals surface area (Å²) in [5, 5.41) is 1.18. The van der Waals surface area contributed by atoms with E-state index >= 15 is 0 Å². The molecule has 3 rings (SSSR count). The first-order valence-electron chi connectivity index (χ1n) is 6.99. The number of hydrogen-bond acceptors (Lipinski definition) is 2. The number of H-pyrrole nitrogens is 1. The van der Waals surface area contributed by atoms with Crippen LogP contribution in [-0.4, -0.2) is 9.97 Å². The predicted molar refractivity (Wildman–Crippen MR) is 83.5 cm³/mol. The van der Waals surface area contributed by atoms with Gasteiger partial charge in [0.15, 0.2) is 0 Å². The molecule has 2 aromatic heterocycles. The Morgan fingerprint density at radius 1 is 1.20 bits per heavy atom. The Balaban J connectivity index is 2.27. The third-order valence-corrected chi connectivity index (χ3v) is 3.90. The first-order valence-corrected chi connectivity index (χ1v) is 6.99. The topological polar surface area (TPSA) is 54.7 Å². The maximum absolute atomic E-state index is 5.75. The lowest BCUT2D eigenvalue weighted by Crippen LogP contribution is -1.99. The molecule has 2 heterocycles. The molecule has 102 valence electrons. The van der Waals surface area contributed by atoms with Gasteiger partial charge in [-0.25, -0.2) is 4.98 Å². The van der Waals surface area contributed by atoms with Gasteiger partial charge >= 0.3 is 0 Å². The minimum absolute atomic E-state index is 0.586. The Hall–Kier alpha value is -2.13. The molecule has 0 saturated carbocycles. The van der Waals surface area contributed by atoms with Gasteiger partial charge in [-0.2, -0.15) is 0 Å². The summed E-state index contributed by atoms with van der Waals surface area (Å²) in [5.74, 6) is 0. The quantitative estimate of drug-likeness (QED) is 0.760. The van der Waals surface area contributed by atoms with Gasteiger partial charge in [-0.15, -0.1) is 0 Å². The zero-order valence-corrected chi connectivity index (χ0v) is 11.9. The van der Waals surface area contributed by atoms with E-state index in [1.807, 2.05) is 12.4 Å². The van der Waals surface area contributed by atoms with Gasteiger partial charge in [0.25, 0.3) is 0 Å². The van der Waals surface area contributed by atoms with Crippen LogP contribution >= 0.6 is 0 Å². The second kappa shape index (κ2) is 5.10.